The number of hydrogen-bond acceptors (Lipinski definition) is 3. The molecule has 1 aromatic rings. The van der Waals surface area contributed by atoms with E-state index in [4.69, 9.17) is 5.73 Å². The van der Waals surface area contributed by atoms with E-state index in [1.165, 1.54) is 11.1 Å². The molecule has 1 aliphatic heterocycles. The average Bonchev–Trinajstić information content (AvgIpc) is 2.93. The standard InChI is InChI=1S/C16H24N2O2S/c1-12-4-2-7-15(11-17)18(12)21(19,20)16-9-8-13-5-3-6-14(13)10-16/h8-10,12,15H,2-7,11,17H2,1H3. The molecular formula is C16H24N2O2S. The Kier molecular flexibility index (Phi) is 4.08. The van der Waals surface area contributed by atoms with Crippen LogP contribution in [0.25, 0.3) is 0 Å². The van der Waals surface area contributed by atoms with E-state index in [0.29, 0.717) is 11.4 Å². The van der Waals surface area contributed by atoms with Gasteiger partial charge in [0.2, 0.25) is 10.0 Å². The first kappa shape index (κ1) is 15.0. The van der Waals surface area contributed by atoms with Crippen molar-refractivity contribution in [3.63, 3.8) is 0 Å². The van der Waals surface area contributed by atoms with Crippen molar-refractivity contribution < 1.29 is 8.42 Å². The molecule has 0 spiro atoms. The van der Waals surface area contributed by atoms with Crippen molar-refractivity contribution in [2.24, 2.45) is 5.73 Å². The molecule has 0 aromatic heterocycles. The molecule has 0 radical (unpaired) electrons. The second-order valence-corrected chi connectivity index (χ2v) is 8.13. The Bertz CT molecular complexity index is 627. The van der Waals surface area contributed by atoms with Crippen molar-refractivity contribution in [2.75, 3.05) is 6.54 Å². The van der Waals surface area contributed by atoms with Gasteiger partial charge in [-0.05, 0) is 62.3 Å². The number of piperidine rings is 1. The molecule has 1 saturated heterocycles. The second kappa shape index (κ2) is 5.71. The Morgan fingerprint density at radius 3 is 2.71 bits per heavy atom. The minimum absolute atomic E-state index is 0.0329. The Morgan fingerprint density at radius 2 is 1.95 bits per heavy atom. The number of hydrogen-bond donors (Lipinski definition) is 1. The van der Waals surface area contributed by atoms with Gasteiger partial charge in [0.25, 0.3) is 0 Å². The summed E-state index contributed by atoms with van der Waals surface area (Å²) in [6.45, 7) is 2.39. The molecule has 2 aliphatic rings. The van der Waals surface area contributed by atoms with Gasteiger partial charge in [0, 0.05) is 18.6 Å². The molecule has 0 saturated carbocycles. The minimum atomic E-state index is -3.44. The molecule has 21 heavy (non-hydrogen) atoms. The summed E-state index contributed by atoms with van der Waals surface area (Å²) in [5.41, 5.74) is 8.32. The van der Waals surface area contributed by atoms with Gasteiger partial charge >= 0.3 is 0 Å². The first-order chi connectivity index (χ1) is 10.0. The number of rotatable bonds is 3. The largest absolute Gasteiger partial charge is 0.329 e. The monoisotopic (exact) mass is 308 g/mol. The lowest BCUT2D eigenvalue weighted by molar-refractivity contribution is 0.196. The maximum Gasteiger partial charge on any atom is 0.243 e. The molecule has 1 aromatic carbocycles. The van der Waals surface area contributed by atoms with Crippen LogP contribution >= 0.6 is 0 Å². The van der Waals surface area contributed by atoms with E-state index in [9.17, 15) is 8.42 Å². The first-order valence-corrected chi connectivity index (χ1v) is 9.33. The predicted molar refractivity (Wildman–Crippen MR) is 83.6 cm³/mol. The molecule has 2 N–H and O–H groups in total. The van der Waals surface area contributed by atoms with Gasteiger partial charge in [-0.25, -0.2) is 8.42 Å². The molecule has 3 rings (SSSR count). The average molecular weight is 308 g/mol. The normalized spacial score (nSPS) is 26.8. The third-order valence-corrected chi connectivity index (χ3v) is 6.93. The van der Waals surface area contributed by atoms with Crippen LogP contribution in [0.2, 0.25) is 0 Å². The number of sulfonamides is 1. The van der Waals surface area contributed by atoms with Crippen LogP contribution in [0.5, 0.6) is 0 Å². The Labute approximate surface area is 127 Å². The summed E-state index contributed by atoms with van der Waals surface area (Å²) in [7, 11) is -3.44. The summed E-state index contributed by atoms with van der Waals surface area (Å²) in [5, 5.41) is 0. The van der Waals surface area contributed by atoms with Crippen molar-refractivity contribution in [1.82, 2.24) is 4.31 Å². The zero-order valence-electron chi connectivity index (χ0n) is 12.6. The van der Waals surface area contributed by atoms with Crippen molar-refractivity contribution >= 4 is 10.0 Å². The summed E-state index contributed by atoms with van der Waals surface area (Å²) in [6, 6.07) is 5.61. The maximum absolute atomic E-state index is 13.0. The summed E-state index contributed by atoms with van der Waals surface area (Å²) < 4.78 is 27.7. The fourth-order valence-electron chi connectivity index (χ4n) is 3.75. The van der Waals surface area contributed by atoms with E-state index in [-0.39, 0.29) is 12.1 Å². The van der Waals surface area contributed by atoms with E-state index in [1.54, 1.807) is 10.4 Å². The van der Waals surface area contributed by atoms with Crippen LogP contribution in [-0.2, 0) is 22.9 Å². The molecule has 1 heterocycles. The van der Waals surface area contributed by atoms with Crippen LogP contribution in [0.3, 0.4) is 0 Å². The topological polar surface area (TPSA) is 63.4 Å². The van der Waals surface area contributed by atoms with Gasteiger partial charge in [-0.1, -0.05) is 12.5 Å². The maximum atomic E-state index is 13.0. The molecule has 0 bridgehead atoms. The van der Waals surface area contributed by atoms with Crippen LogP contribution in [-0.4, -0.2) is 31.4 Å². The molecular weight excluding hydrogens is 284 g/mol. The lowest BCUT2D eigenvalue weighted by Crippen LogP contribution is -2.51. The third kappa shape index (κ3) is 2.62. The molecule has 1 aliphatic carbocycles. The van der Waals surface area contributed by atoms with Gasteiger partial charge in [0.15, 0.2) is 0 Å². The smallest absolute Gasteiger partial charge is 0.243 e. The third-order valence-electron chi connectivity index (χ3n) is 4.87. The van der Waals surface area contributed by atoms with Gasteiger partial charge < -0.3 is 5.73 Å². The van der Waals surface area contributed by atoms with E-state index >= 15 is 0 Å². The molecule has 2 atom stereocenters. The molecule has 5 heteroatoms. The van der Waals surface area contributed by atoms with Crippen LogP contribution in [0, 0.1) is 0 Å². The number of fused-ring (bicyclic) bond motifs is 1. The van der Waals surface area contributed by atoms with Crippen LogP contribution in [0.1, 0.15) is 43.7 Å². The highest BCUT2D eigenvalue weighted by molar-refractivity contribution is 7.89. The van der Waals surface area contributed by atoms with E-state index in [0.717, 1.165) is 38.5 Å². The number of benzene rings is 1. The number of nitrogens with zero attached hydrogens (tertiary/aromatic N) is 1. The number of aryl methyl sites for hydroxylation is 2. The van der Waals surface area contributed by atoms with Gasteiger partial charge in [0.05, 0.1) is 4.90 Å². The van der Waals surface area contributed by atoms with Crippen molar-refractivity contribution in [3.05, 3.63) is 29.3 Å². The van der Waals surface area contributed by atoms with Gasteiger partial charge in [-0.3, -0.25) is 0 Å². The van der Waals surface area contributed by atoms with Crippen molar-refractivity contribution in [2.45, 2.75) is 62.4 Å². The Hall–Kier alpha value is -0.910. The fourth-order valence-corrected chi connectivity index (χ4v) is 5.69. The van der Waals surface area contributed by atoms with Crippen LogP contribution in [0.15, 0.2) is 23.1 Å². The van der Waals surface area contributed by atoms with Crippen LogP contribution in [0.4, 0.5) is 0 Å². The summed E-state index contributed by atoms with van der Waals surface area (Å²) in [5.74, 6) is 0. The fraction of sp³-hybridized carbons (Fsp3) is 0.625. The molecule has 116 valence electrons. The van der Waals surface area contributed by atoms with E-state index < -0.39 is 10.0 Å². The van der Waals surface area contributed by atoms with Crippen LogP contribution < -0.4 is 5.73 Å². The lowest BCUT2D eigenvalue weighted by Gasteiger charge is -2.39. The minimum Gasteiger partial charge on any atom is -0.329 e. The predicted octanol–water partition coefficient (Wildman–Crippen LogP) is 2.07. The van der Waals surface area contributed by atoms with Crippen molar-refractivity contribution in [1.29, 1.82) is 0 Å². The van der Waals surface area contributed by atoms with Gasteiger partial charge in [-0.15, -0.1) is 0 Å². The molecule has 2 unspecified atom stereocenters. The van der Waals surface area contributed by atoms with E-state index in [2.05, 4.69) is 0 Å². The number of nitrogens with two attached hydrogens (primary N) is 1. The highest BCUT2D eigenvalue weighted by Gasteiger charge is 2.37. The summed E-state index contributed by atoms with van der Waals surface area (Å²) in [6.07, 6.45) is 6.03. The summed E-state index contributed by atoms with van der Waals surface area (Å²) in [4.78, 5) is 0.440. The Balaban J connectivity index is 1.98. The first-order valence-electron chi connectivity index (χ1n) is 7.89. The Morgan fingerprint density at radius 1 is 1.19 bits per heavy atom. The SMILES string of the molecule is CC1CCCC(CN)N1S(=O)(=O)c1ccc2c(c1)CCC2. The quantitative estimate of drug-likeness (QED) is 0.929. The van der Waals surface area contributed by atoms with Gasteiger partial charge in [0.1, 0.15) is 0 Å². The zero-order chi connectivity index (χ0) is 15.0. The lowest BCUT2D eigenvalue weighted by atomic mass is 10.00. The molecule has 4 nitrogen and oxygen atoms in total. The highest BCUT2D eigenvalue weighted by Crippen LogP contribution is 2.31. The van der Waals surface area contributed by atoms with Gasteiger partial charge in [-0.2, -0.15) is 4.31 Å². The highest BCUT2D eigenvalue weighted by atomic mass is 32.2. The molecule has 1 fully saturated rings. The zero-order valence-corrected chi connectivity index (χ0v) is 13.4. The summed E-state index contributed by atoms with van der Waals surface area (Å²) >= 11 is 0. The molecule has 0 amide bonds. The van der Waals surface area contributed by atoms with Crippen molar-refractivity contribution in [3.8, 4) is 0 Å². The second-order valence-electron chi connectivity index (χ2n) is 6.29. The van der Waals surface area contributed by atoms with E-state index in [1.807, 2.05) is 19.1 Å².